The Morgan fingerprint density at radius 3 is 2.57 bits per heavy atom. The van der Waals surface area contributed by atoms with Gasteiger partial charge in [-0.15, -0.1) is 10.2 Å². The number of hydrogen-bond donors (Lipinski definition) is 0. The normalized spacial score (nSPS) is 15.5. The Bertz CT molecular complexity index is 638. The number of hydrogen-bond acceptors (Lipinski definition) is 5. The highest BCUT2D eigenvalue weighted by Gasteiger charge is 2.23. The molecule has 0 unspecified atom stereocenters. The summed E-state index contributed by atoms with van der Waals surface area (Å²) in [6.45, 7) is 2.94. The Balaban J connectivity index is 1.51. The first-order valence-corrected chi connectivity index (χ1v) is 7.67. The van der Waals surface area contributed by atoms with Crippen LogP contribution in [0.5, 0.6) is 0 Å². The fourth-order valence-electron chi connectivity index (χ4n) is 2.65. The lowest BCUT2D eigenvalue weighted by Crippen LogP contribution is -2.37. The molecule has 0 saturated carbocycles. The van der Waals surface area contributed by atoms with E-state index >= 15 is 0 Å². The van der Waals surface area contributed by atoms with Gasteiger partial charge in [0.2, 0.25) is 5.91 Å². The lowest BCUT2D eigenvalue weighted by molar-refractivity contribution is -0.131. The molecule has 3 heterocycles. The number of carbonyl (C=O) groups is 2. The first kappa shape index (κ1) is 15.3. The maximum Gasteiger partial charge on any atom is 0.289 e. The van der Waals surface area contributed by atoms with Crippen LogP contribution in [0.15, 0.2) is 35.5 Å². The second kappa shape index (κ2) is 7.08. The minimum atomic E-state index is -0.117. The van der Waals surface area contributed by atoms with Crippen LogP contribution in [0.2, 0.25) is 0 Å². The molecule has 2 aromatic heterocycles. The van der Waals surface area contributed by atoms with Gasteiger partial charge in [0.05, 0.1) is 6.26 Å². The van der Waals surface area contributed by atoms with E-state index in [1.807, 2.05) is 4.90 Å². The zero-order chi connectivity index (χ0) is 16.1. The molecule has 0 radical (unpaired) electrons. The standard InChI is InChI=1S/C15H19N5O3/c21-14(4-7-18-11-16-17-12-18)19-5-2-6-20(9-8-19)15(22)13-3-1-10-23-13/h1,3,10-12H,2,4-9H2. The molecule has 3 rings (SSSR count). The lowest BCUT2D eigenvalue weighted by atomic mass is 10.3. The third-order valence-corrected chi connectivity index (χ3v) is 3.92. The molecule has 1 saturated heterocycles. The van der Waals surface area contributed by atoms with Crippen LogP contribution in [0, 0.1) is 0 Å². The molecular weight excluding hydrogens is 298 g/mol. The number of aryl methyl sites for hydroxylation is 1. The van der Waals surface area contributed by atoms with Crippen molar-refractivity contribution in [2.24, 2.45) is 0 Å². The van der Waals surface area contributed by atoms with E-state index in [-0.39, 0.29) is 11.8 Å². The molecule has 23 heavy (non-hydrogen) atoms. The predicted molar refractivity (Wildman–Crippen MR) is 80.4 cm³/mol. The summed E-state index contributed by atoms with van der Waals surface area (Å²) in [5.41, 5.74) is 0. The summed E-state index contributed by atoms with van der Waals surface area (Å²) in [4.78, 5) is 28.1. The summed E-state index contributed by atoms with van der Waals surface area (Å²) in [6, 6.07) is 3.36. The van der Waals surface area contributed by atoms with Crippen LogP contribution in [0.25, 0.3) is 0 Å². The van der Waals surface area contributed by atoms with Crippen molar-refractivity contribution in [1.82, 2.24) is 24.6 Å². The summed E-state index contributed by atoms with van der Waals surface area (Å²) >= 11 is 0. The van der Waals surface area contributed by atoms with E-state index in [0.717, 1.165) is 6.42 Å². The van der Waals surface area contributed by atoms with Crippen molar-refractivity contribution in [2.75, 3.05) is 26.2 Å². The molecule has 8 nitrogen and oxygen atoms in total. The first-order valence-electron chi connectivity index (χ1n) is 7.67. The number of amides is 2. The van der Waals surface area contributed by atoms with Crippen LogP contribution >= 0.6 is 0 Å². The highest BCUT2D eigenvalue weighted by atomic mass is 16.3. The SMILES string of the molecule is O=C(CCn1cnnc1)N1CCCN(C(=O)c2ccco2)CC1. The van der Waals surface area contributed by atoms with E-state index in [4.69, 9.17) is 4.42 Å². The number of rotatable bonds is 4. The van der Waals surface area contributed by atoms with Gasteiger partial charge < -0.3 is 18.8 Å². The third-order valence-electron chi connectivity index (χ3n) is 3.92. The predicted octanol–water partition coefficient (Wildman–Crippen LogP) is 0.636. The third kappa shape index (κ3) is 3.77. The minimum Gasteiger partial charge on any atom is -0.459 e. The molecule has 0 spiro atoms. The molecule has 1 aliphatic rings. The van der Waals surface area contributed by atoms with E-state index in [0.29, 0.717) is 44.9 Å². The summed E-state index contributed by atoms with van der Waals surface area (Å²) in [6.07, 6.45) is 5.86. The smallest absolute Gasteiger partial charge is 0.289 e. The molecule has 0 bridgehead atoms. The number of furan rings is 1. The van der Waals surface area contributed by atoms with E-state index in [1.165, 1.54) is 6.26 Å². The summed E-state index contributed by atoms with van der Waals surface area (Å²) in [5, 5.41) is 7.43. The van der Waals surface area contributed by atoms with Crippen LogP contribution in [0.1, 0.15) is 23.4 Å². The van der Waals surface area contributed by atoms with Crippen LogP contribution in [0.4, 0.5) is 0 Å². The van der Waals surface area contributed by atoms with Crippen molar-refractivity contribution in [1.29, 1.82) is 0 Å². The summed E-state index contributed by atoms with van der Waals surface area (Å²) in [5.74, 6) is 0.317. The monoisotopic (exact) mass is 317 g/mol. The molecule has 0 atom stereocenters. The van der Waals surface area contributed by atoms with Gasteiger partial charge in [-0.3, -0.25) is 9.59 Å². The van der Waals surface area contributed by atoms with Crippen molar-refractivity contribution in [3.63, 3.8) is 0 Å². The molecule has 0 N–H and O–H groups in total. The topological polar surface area (TPSA) is 84.5 Å². The van der Waals surface area contributed by atoms with Gasteiger partial charge in [0.25, 0.3) is 5.91 Å². The Hall–Kier alpha value is -2.64. The summed E-state index contributed by atoms with van der Waals surface area (Å²) < 4.78 is 6.94. The molecular formula is C15H19N5O3. The molecule has 1 aliphatic heterocycles. The zero-order valence-electron chi connectivity index (χ0n) is 12.8. The van der Waals surface area contributed by atoms with Crippen LogP contribution in [-0.4, -0.2) is 62.6 Å². The van der Waals surface area contributed by atoms with Crippen molar-refractivity contribution in [3.05, 3.63) is 36.8 Å². The van der Waals surface area contributed by atoms with Crippen molar-refractivity contribution >= 4 is 11.8 Å². The van der Waals surface area contributed by atoms with Crippen molar-refractivity contribution in [3.8, 4) is 0 Å². The highest BCUT2D eigenvalue weighted by Crippen LogP contribution is 2.10. The van der Waals surface area contributed by atoms with E-state index in [1.54, 1.807) is 34.3 Å². The zero-order valence-corrected chi connectivity index (χ0v) is 12.8. The second-order valence-electron chi connectivity index (χ2n) is 5.45. The fourth-order valence-corrected chi connectivity index (χ4v) is 2.65. The van der Waals surface area contributed by atoms with Gasteiger partial charge in [0, 0.05) is 39.1 Å². The number of nitrogens with zero attached hydrogens (tertiary/aromatic N) is 5. The first-order chi connectivity index (χ1) is 11.2. The van der Waals surface area contributed by atoms with E-state index in [2.05, 4.69) is 10.2 Å². The molecule has 8 heteroatoms. The Morgan fingerprint density at radius 1 is 1.09 bits per heavy atom. The van der Waals surface area contributed by atoms with Gasteiger partial charge in [-0.05, 0) is 18.6 Å². The largest absolute Gasteiger partial charge is 0.459 e. The maximum absolute atomic E-state index is 12.3. The summed E-state index contributed by atoms with van der Waals surface area (Å²) in [7, 11) is 0. The molecule has 2 amide bonds. The van der Waals surface area contributed by atoms with Crippen molar-refractivity contribution in [2.45, 2.75) is 19.4 Å². The fraction of sp³-hybridized carbons (Fsp3) is 0.467. The van der Waals surface area contributed by atoms with Gasteiger partial charge in [0.15, 0.2) is 5.76 Å². The average molecular weight is 317 g/mol. The Kier molecular flexibility index (Phi) is 4.70. The number of carbonyl (C=O) groups excluding carboxylic acids is 2. The van der Waals surface area contributed by atoms with E-state index in [9.17, 15) is 9.59 Å². The van der Waals surface area contributed by atoms with Gasteiger partial charge in [-0.25, -0.2) is 0 Å². The van der Waals surface area contributed by atoms with Gasteiger partial charge >= 0.3 is 0 Å². The van der Waals surface area contributed by atoms with Crippen LogP contribution in [0.3, 0.4) is 0 Å². The quantitative estimate of drug-likeness (QED) is 0.826. The molecule has 2 aromatic rings. The lowest BCUT2D eigenvalue weighted by Gasteiger charge is -2.21. The van der Waals surface area contributed by atoms with Crippen molar-refractivity contribution < 1.29 is 14.0 Å². The van der Waals surface area contributed by atoms with Gasteiger partial charge in [-0.2, -0.15) is 0 Å². The average Bonchev–Trinajstić information content (AvgIpc) is 3.22. The Labute approximate surface area is 133 Å². The van der Waals surface area contributed by atoms with Crippen LogP contribution < -0.4 is 0 Å². The van der Waals surface area contributed by atoms with Gasteiger partial charge in [0.1, 0.15) is 12.7 Å². The second-order valence-corrected chi connectivity index (χ2v) is 5.45. The highest BCUT2D eigenvalue weighted by molar-refractivity contribution is 5.91. The number of aromatic nitrogens is 3. The minimum absolute atomic E-state index is 0.0889. The van der Waals surface area contributed by atoms with E-state index < -0.39 is 0 Å². The molecule has 0 aliphatic carbocycles. The molecule has 0 aromatic carbocycles. The van der Waals surface area contributed by atoms with Gasteiger partial charge in [-0.1, -0.05) is 0 Å². The van der Waals surface area contributed by atoms with Crippen LogP contribution in [-0.2, 0) is 11.3 Å². The maximum atomic E-state index is 12.3. The molecule has 122 valence electrons. The Morgan fingerprint density at radius 2 is 1.83 bits per heavy atom. The molecule has 1 fully saturated rings.